The van der Waals surface area contributed by atoms with Crippen molar-refractivity contribution in [2.24, 2.45) is 0 Å². The number of halogens is 2. The van der Waals surface area contributed by atoms with E-state index in [1.54, 1.807) is 12.1 Å². The minimum atomic E-state index is -0.219. The lowest BCUT2D eigenvalue weighted by Crippen LogP contribution is -2.19. The average molecular weight is 336 g/mol. The number of benzene rings is 2. The highest BCUT2D eigenvalue weighted by Crippen LogP contribution is 2.20. The third-order valence-electron chi connectivity index (χ3n) is 3.49. The first-order chi connectivity index (χ1) is 9.47. The second-order valence-corrected chi connectivity index (χ2v) is 6.07. The predicted octanol–water partition coefficient (Wildman–Crippen LogP) is 5.06. The van der Waals surface area contributed by atoms with Crippen LogP contribution in [-0.2, 0) is 6.54 Å². The molecule has 1 nitrogen and oxygen atoms in total. The SMILES string of the molecule is Cc1ccc(C(C)NCc2ccc(Br)c(F)c2)c(C)c1. The molecule has 1 atom stereocenters. The van der Waals surface area contributed by atoms with E-state index in [4.69, 9.17) is 0 Å². The minimum Gasteiger partial charge on any atom is -0.306 e. The summed E-state index contributed by atoms with van der Waals surface area (Å²) >= 11 is 3.17. The number of nitrogens with one attached hydrogen (secondary N) is 1. The van der Waals surface area contributed by atoms with Crippen LogP contribution in [0, 0.1) is 19.7 Å². The van der Waals surface area contributed by atoms with Crippen LogP contribution >= 0.6 is 15.9 Å². The average Bonchev–Trinajstić information content (AvgIpc) is 2.40. The molecule has 0 saturated carbocycles. The number of hydrogen-bond acceptors (Lipinski definition) is 1. The van der Waals surface area contributed by atoms with Gasteiger partial charge in [0.2, 0.25) is 0 Å². The van der Waals surface area contributed by atoms with Crippen molar-refractivity contribution in [3.05, 3.63) is 68.9 Å². The molecule has 2 aromatic carbocycles. The molecule has 1 N–H and O–H groups in total. The molecular weight excluding hydrogens is 317 g/mol. The summed E-state index contributed by atoms with van der Waals surface area (Å²) in [4.78, 5) is 0. The first-order valence-corrected chi connectivity index (χ1v) is 7.51. The Morgan fingerprint density at radius 3 is 2.55 bits per heavy atom. The zero-order valence-electron chi connectivity index (χ0n) is 12.0. The van der Waals surface area contributed by atoms with E-state index < -0.39 is 0 Å². The van der Waals surface area contributed by atoms with Crippen LogP contribution in [0.2, 0.25) is 0 Å². The van der Waals surface area contributed by atoms with Gasteiger partial charge in [-0.05, 0) is 65.5 Å². The van der Waals surface area contributed by atoms with Gasteiger partial charge in [-0.2, -0.15) is 0 Å². The van der Waals surface area contributed by atoms with Crippen molar-refractivity contribution >= 4 is 15.9 Å². The van der Waals surface area contributed by atoms with Crippen molar-refractivity contribution in [3.63, 3.8) is 0 Å². The molecule has 0 aliphatic carbocycles. The first-order valence-electron chi connectivity index (χ1n) is 6.72. The van der Waals surface area contributed by atoms with Gasteiger partial charge in [0.1, 0.15) is 5.82 Å². The van der Waals surface area contributed by atoms with E-state index in [1.165, 1.54) is 16.7 Å². The molecule has 2 rings (SSSR count). The Labute approximate surface area is 128 Å². The zero-order valence-corrected chi connectivity index (χ0v) is 13.6. The smallest absolute Gasteiger partial charge is 0.137 e. The van der Waals surface area contributed by atoms with E-state index >= 15 is 0 Å². The Morgan fingerprint density at radius 2 is 1.90 bits per heavy atom. The molecule has 2 aromatic rings. The Hall–Kier alpha value is -1.19. The van der Waals surface area contributed by atoms with E-state index in [0.717, 1.165) is 5.56 Å². The summed E-state index contributed by atoms with van der Waals surface area (Å²) in [6, 6.07) is 11.9. The third kappa shape index (κ3) is 3.68. The Kier molecular flexibility index (Phi) is 4.95. The fourth-order valence-corrected chi connectivity index (χ4v) is 2.59. The zero-order chi connectivity index (χ0) is 14.7. The van der Waals surface area contributed by atoms with Crippen molar-refractivity contribution in [1.29, 1.82) is 0 Å². The molecule has 1 unspecified atom stereocenters. The van der Waals surface area contributed by atoms with E-state index in [0.29, 0.717) is 11.0 Å². The molecule has 0 amide bonds. The highest BCUT2D eigenvalue weighted by Gasteiger charge is 2.08. The number of aryl methyl sites for hydroxylation is 2. The second-order valence-electron chi connectivity index (χ2n) is 5.21. The van der Waals surface area contributed by atoms with Gasteiger partial charge in [0, 0.05) is 12.6 Å². The van der Waals surface area contributed by atoms with Gasteiger partial charge in [-0.1, -0.05) is 29.8 Å². The topological polar surface area (TPSA) is 12.0 Å². The van der Waals surface area contributed by atoms with Crippen molar-refractivity contribution in [3.8, 4) is 0 Å². The van der Waals surface area contributed by atoms with Crippen molar-refractivity contribution in [2.45, 2.75) is 33.4 Å². The van der Waals surface area contributed by atoms with Crippen LogP contribution in [0.15, 0.2) is 40.9 Å². The molecule has 0 aromatic heterocycles. The third-order valence-corrected chi connectivity index (χ3v) is 4.13. The van der Waals surface area contributed by atoms with Crippen molar-refractivity contribution in [1.82, 2.24) is 5.32 Å². The number of rotatable bonds is 4. The van der Waals surface area contributed by atoms with E-state index in [2.05, 4.69) is 60.2 Å². The molecule has 20 heavy (non-hydrogen) atoms. The van der Waals surface area contributed by atoms with E-state index in [1.807, 2.05) is 6.07 Å². The van der Waals surface area contributed by atoms with Gasteiger partial charge >= 0.3 is 0 Å². The van der Waals surface area contributed by atoms with Gasteiger partial charge in [0.25, 0.3) is 0 Å². The molecule has 0 bridgehead atoms. The predicted molar refractivity (Wildman–Crippen MR) is 85.3 cm³/mol. The first kappa shape index (κ1) is 15.2. The summed E-state index contributed by atoms with van der Waals surface area (Å²) < 4.78 is 14.0. The van der Waals surface area contributed by atoms with Crippen LogP contribution in [-0.4, -0.2) is 0 Å². The lowest BCUT2D eigenvalue weighted by Gasteiger charge is -2.17. The second kappa shape index (κ2) is 6.51. The van der Waals surface area contributed by atoms with Gasteiger partial charge in [0.05, 0.1) is 4.47 Å². The van der Waals surface area contributed by atoms with Crippen LogP contribution in [0.4, 0.5) is 4.39 Å². The van der Waals surface area contributed by atoms with Crippen LogP contribution < -0.4 is 5.32 Å². The molecule has 0 saturated heterocycles. The summed E-state index contributed by atoms with van der Waals surface area (Å²) in [5.41, 5.74) is 4.79. The molecule has 0 spiro atoms. The highest BCUT2D eigenvalue weighted by molar-refractivity contribution is 9.10. The number of hydrogen-bond donors (Lipinski definition) is 1. The van der Waals surface area contributed by atoms with Crippen LogP contribution in [0.25, 0.3) is 0 Å². The summed E-state index contributed by atoms with van der Waals surface area (Å²) in [6.07, 6.45) is 0. The summed E-state index contributed by atoms with van der Waals surface area (Å²) in [5.74, 6) is -0.219. The molecule has 0 aliphatic rings. The maximum atomic E-state index is 13.5. The summed E-state index contributed by atoms with van der Waals surface area (Å²) in [7, 11) is 0. The lowest BCUT2D eigenvalue weighted by molar-refractivity contribution is 0.566. The normalized spacial score (nSPS) is 12.4. The van der Waals surface area contributed by atoms with Gasteiger partial charge in [-0.25, -0.2) is 4.39 Å². The fourth-order valence-electron chi connectivity index (χ4n) is 2.34. The molecule has 0 fully saturated rings. The van der Waals surface area contributed by atoms with Crippen molar-refractivity contribution < 1.29 is 4.39 Å². The molecular formula is C17H19BrFN. The minimum absolute atomic E-state index is 0.219. The van der Waals surface area contributed by atoms with Gasteiger partial charge < -0.3 is 5.32 Å². The van der Waals surface area contributed by atoms with Crippen LogP contribution in [0.1, 0.15) is 35.2 Å². The van der Waals surface area contributed by atoms with E-state index in [-0.39, 0.29) is 11.9 Å². The highest BCUT2D eigenvalue weighted by atomic mass is 79.9. The standard InChI is InChI=1S/C17H19BrFN/c1-11-4-6-15(12(2)8-11)13(3)20-10-14-5-7-16(18)17(19)9-14/h4-9,13,20H,10H2,1-3H3. The molecule has 3 heteroatoms. The Balaban J connectivity index is 2.04. The van der Waals surface area contributed by atoms with Crippen LogP contribution in [0.5, 0.6) is 0 Å². The van der Waals surface area contributed by atoms with Gasteiger partial charge in [0.15, 0.2) is 0 Å². The molecule has 106 valence electrons. The lowest BCUT2D eigenvalue weighted by atomic mass is 10.00. The summed E-state index contributed by atoms with van der Waals surface area (Å²) in [6.45, 7) is 7.00. The van der Waals surface area contributed by atoms with Gasteiger partial charge in [-0.15, -0.1) is 0 Å². The van der Waals surface area contributed by atoms with Crippen molar-refractivity contribution in [2.75, 3.05) is 0 Å². The summed E-state index contributed by atoms with van der Waals surface area (Å²) in [5, 5.41) is 3.44. The quantitative estimate of drug-likeness (QED) is 0.823. The fraction of sp³-hybridized carbons (Fsp3) is 0.294. The molecule has 0 aliphatic heterocycles. The molecule has 0 heterocycles. The van der Waals surface area contributed by atoms with Crippen LogP contribution in [0.3, 0.4) is 0 Å². The Bertz CT molecular complexity index is 610. The molecule has 0 radical (unpaired) electrons. The maximum absolute atomic E-state index is 13.5. The largest absolute Gasteiger partial charge is 0.306 e. The Morgan fingerprint density at radius 1 is 1.15 bits per heavy atom. The van der Waals surface area contributed by atoms with E-state index in [9.17, 15) is 4.39 Å². The van der Waals surface area contributed by atoms with Gasteiger partial charge in [-0.3, -0.25) is 0 Å². The maximum Gasteiger partial charge on any atom is 0.137 e. The monoisotopic (exact) mass is 335 g/mol.